The lowest BCUT2D eigenvalue weighted by atomic mass is 10.1. The van der Waals surface area contributed by atoms with Crippen molar-refractivity contribution >= 4 is 23.0 Å². The molecule has 8 heteroatoms. The van der Waals surface area contributed by atoms with Gasteiger partial charge in [0.1, 0.15) is 5.82 Å². The third-order valence-electron chi connectivity index (χ3n) is 4.47. The molecule has 1 aliphatic rings. The van der Waals surface area contributed by atoms with Crippen LogP contribution in [-0.2, 0) is 0 Å². The molecule has 132 valence electrons. The average molecular weight is 351 g/mol. The molecule has 0 radical (unpaired) electrons. The second kappa shape index (κ2) is 5.91. The first kappa shape index (κ1) is 16.2. The van der Waals surface area contributed by atoms with Gasteiger partial charge in [0.05, 0.1) is 17.5 Å². The lowest BCUT2D eigenvalue weighted by molar-refractivity contribution is 0.0648. The van der Waals surface area contributed by atoms with Crippen molar-refractivity contribution in [3.05, 3.63) is 46.0 Å². The summed E-state index contributed by atoms with van der Waals surface area (Å²) in [5, 5.41) is 0. The Morgan fingerprint density at radius 3 is 2.65 bits per heavy atom. The fourth-order valence-corrected chi connectivity index (χ4v) is 3.01. The first-order valence-electron chi connectivity index (χ1n) is 8.39. The van der Waals surface area contributed by atoms with Crippen molar-refractivity contribution in [2.75, 3.05) is 6.54 Å². The molecule has 0 fully saturated rings. The van der Waals surface area contributed by atoms with Gasteiger partial charge in [-0.3, -0.25) is 19.3 Å². The minimum Gasteiger partial charge on any atom is -0.339 e. The van der Waals surface area contributed by atoms with E-state index in [1.165, 1.54) is 11.2 Å². The molecule has 3 heterocycles. The van der Waals surface area contributed by atoms with Crippen LogP contribution in [0.3, 0.4) is 0 Å². The molecule has 0 saturated carbocycles. The number of carbonyl (C=O) groups excluding carboxylic acids is 2. The maximum absolute atomic E-state index is 12.6. The summed E-state index contributed by atoms with van der Waals surface area (Å²) in [6.07, 6.45) is 2.15. The molecule has 4 rings (SSSR count). The fourth-order valence-electron chi connectivity index (χ4n) is 3.01. The van der Waals surface area contributed by atoms with Gasteiger partial charge in [0.25, 0.3) is 17.4 Å². The minimum atomic E-state index is -0.344. The van der Waals surface area contributed by atoms with E-state index in [-0.39, 0.29) is 17.4 Å². The van der Waals surface area contributed by atoms with E-state index in [1.807, 2.05) is 13.8 Å². The molecule has 0 atom stereocenters. The van der Waals surface area contributed by atoms with Gasteiger partial charge in [-0.15, -0.1) is 0 Å². The first-order valence-corrected chi connectivity index (χ1v) is 8.39. The van der Waals surface area contributed by atoms with Gasteiger partial charge in [0.15, 0.2) is 11.2 Å². The Hall–Kier alpha value is -3.29. The Bertz CT molecular complexity index is 1100. The van der Waals surface area contributed by atoms with Crippen molar-refractivity contribution in [2.45, 2.75) is 20.3 Å². The lowest BCUT2D eigenvalue weighted by Gasteiger charge is -2.14. The summed E-state index contributed by atoms with van der Waals surface area (Å²) < 4.78 is 0. The van der Waals surface area contributed by atoms with Crippen LogP contribution in [0.1, 0.15) is 41.0 Å². The quantitative estimate of drug-likeness (QED) is 0.698. The Kier molecular flexibility index (Phi) is 3.68. The molecule has 0 aliphatic carbocycles. The van der Waals surface area contributed by atoms with Crippen molar-refractivity contribution < 1.29 is 9.59 Å². The number of amides is 2. The molecule has 8 nitrogen and oxygen atoms in total. The van der Waals surface area contributed by atoms with E-state index in [1.54, 1.807) is 18.2 Å². The van der Waals surface area contributed by atoms with Crippen LogP contribution in [0.5, 0.6) is 0 Å². The second-order valence-corrected chi connectivity index (χ2v) is 6.72. The molecule has 0 saturated heterocycles. The van der Waals surface area contributed by atoms with Crippen molar-refractivity contribution in [3.8, 4) is 11.4 Å². The number of H-pyrrole nitrogens is 2. The third kappa shape index (κ3) is 2.50. The van der Waals surface area contributed by atoms with Crippen LogP contribution >= 0.6 is 0 Å². The molecule has 0 spiro atoms. The van der Waals surface area contributed by atoms with Gasteiger partial charge in [-0.1, -0.05) is 19.9 Å². The van der Waals surface area contributed by atoms with Crippen molar-refractivity contribution in [1.29, 1.82) is 0 Å². The first-order chi connectivity index (χ1) is 12.5. The summed E-state index contributed by atoms with van der Waals surface area (Å²) in [7, 11) is 0. The summed E-state index contributed by atoms with van der Waals surface area (Å²) in [5.74, 6) is 0.111. The number of aromatic amines is 2. The maximum Gasteiger partial charge on any atom is 0.277 e. The fraction of sp³-hybridized carbons (Fsp3) is 0.278. The summed E-state index contributed by atoms with van der Waals surface area (Å²) in [6, 6.07) is 4.88. The molecule has 26 heavy (non-hydrogen) atoms. The van der Waals surface area contributed by atoms with Gasteiger partial charge < -0.3 is 9.97 Å². The number of carbonyl (C=O) groups is 2. The number of imidazole rings is 1. The third-order valence-corrected chi connectivity index (χ3v) is 4.47. The highest BCUT2D eigenvalue weighted by molar-refractivity contribution is 6.21. The molecule has 2 amide bonds. The van der Waals surface area contributed by atoms with E-state index in [0.717, 1.165) is 6.42 Å². The van der Waals surface area contributed by atoms with E-state index < -0.39 is 0 Å². The van der Waals surface area contributed by atoms with Crippen LogP contribution in [-0.4, -0.2) is 43.2 Å². The number of rotatable bonds is 4. The molecule has 0 unspecified atom stereocenters. The topological polar surface area (TPSA) is 112 Å². The van der Waals surface area contributed by atoms with E-state index in [0.29, 0.717) is 46.1 Å². The number of aromatic nitrogens is 4. The van der Waals surface area contributed by atoms with Crippen molar-refractivity contribution in [1.82, 2.24) is 24.8 Å². The van der Waals surface area contributed by atoms with E-state index in [4.69, 9.17) is 0 Å². The number of nitrogens with one attached hydrogen (secondary N) is 2. The zero-order valence-electron chi connectivity index (χ0n) is 14.4. The Morgan fingerprint density at radius 2 is 1.88 bits per heavy atom. The zero-order chi connectivity index (χ0) is 18.4. The van der Waals surface area contributed by atoms with Gasteiger partial charge in [0, 0.05) is 12.1 Å². The highest BCUT2D eigenvalue weighted by Crippen LogP contribution is 2.27. The molecular formula is C18H17N5O3. The summed E-state index contributed by atoms with van der Waals surface area (Å²) >= 11 is 0. The van der Waals surface area contributed by atoms with Gasteiger partial charge >= 0.3 is 0 Å². The summed E-state index contributed by atoms with van der Waals surface area (Å²) in [4.78, 5) is 52.2. The van der Waals surface area contributed by atoms with E-state index in [2.05, 4.69) is 19.9 Å². The van der Waals surface area contributed by atoms with E-state index in [9.17, 15) is 14.4 Å². The SMILES string of the molecule is CC(C)CCN1C(=O)c2ccc(-c3nc4nc[nH]c4c(=O)[nH]3)cc2C1=O. The maximum atomic E-state index is 12.6. The highest BCUT2D eigenvalue weighted by Gasteiger charge is 2.35. The number of hydrogen-bond donors (Lipinski definition) is 2. The number of imide groups is 1. The molecule has 2 N–H and O–H groups in total. The normalized spacial score (nSPS) is 13.9. The van der Waals surface area contributed by atoms with Crippen molar-refractivity contribution in [2.24, 2.45) is 5.92 Å². The number of benzene rings is 1. The van der Waals surface area contributed by atoms with Crippen LogP contribution in [0.4, 0.5) is 0 Å². The molecule has 2 aromatic heterocycles. The average Bonchev–Trinajstić information content (AvgIpc) is 3.17. The number of nitrogens with zero attached hydrogens (tertiary/aromatic N) is 3. The Labute approximate surface area is 148 Å². The highest BCUT2D eigenvalue weighted by atomic mass is 16.2. The van der Waals surface area contributed by atoms with Crippen LogP contribution in [0, 0.1) is 5.92 Å². The standard InChI is InChI=1S/C18H17N5O3/c1-9(2)5-6-23-17(25)11-4-3-10(7-12(11)18(23)26)14-21-15-13(16(24)22-14)19-8-20-15/h3-4,7-9H,5-6H2,1-2H3,(H2,19,20,21,22,24). The Balaban J connectivity index is 1.73. The lowest BCUT2D eigenvalue weighted by Crippen LogP contribution is -2.31. The van der Waals surface area contributed by atoms with Crippen LogP contribution in [0.2, 0.25) is 0 Å². The van der Waals surface area contributed by atoms with Crippen LogP contribution in [0.15, 0.2) is 29.3 Å². The molecule has 1 aromatic carbocycles. The predicted octanol–water partition coefficient (Wildman–Crippen LogP) is 1.96. The van der Waals surface area contributed by atoms with Gasteiger partial charge in [-0.25, -0.2) is 9.97 Å². The molecule has 0 bridgehead atoms. The van der Waals surface area contributed by atoms with Crippen molar-refractivity contribution in [3.63, 3.8) is 0 Å². The minimum absolute atomic E-state index is 0.276. The molecule has 1 aliphatic heterocycles. The van der Waals surface area contributed by atoms with E-state index >= 15 is 0 Å². The van der Waals surface area contributed by atoms with Crippen LogP contribution < -0.4 is 5.56 Å². The van der Waals surface area contributed by atoms with Gasteiger partial charge in [0.2, 0.25) is 0 Å². The largest absolute Gasteiger partial charge is 0.339 e. The Morgan fingerprint density at radius 1 is 1.12 bits per heavy atom. The number of fused-ring (bicyclic) bond motifs is 2. The monoisotopic (exact) mass is 351 g/mol. The smallest absolute Gasteiger partial charge is 0.277 e. The van der Waals surface area contributed by atoms with Crippen LogP contribution in [0.25, 0.3) is 22.6 Å². The summed E-state index contributed by atoms with van der Waals surface area (Å²) in [6.45, 7) is 4.49. The van der Waals surface area contributed by atoms with Gasteiger partial charge in [-0.2, -0.15) is 0 Å². The summed E-state index contributed by atoms with van der Waals surface area (Å²) in [5.41, 5.74) is 1.51. The molecule has 3 aromatic rings. The molecular weight excluding hydrogens is 334 g/mol. The second-order valence-electron chi connectivity index (χ2n) is 6.72. The number of hydrogen-bond acceptors (Lipinski definition) is 5. The van der Waals surface area contributed by atoms with Gasteiger partial charge in [-0.05, 0) is 24.5 Å². The zero-order valence-corrected chi connectivity index (χ0v) is 14.4. The predicted molar refractivity (Wildman–Crippen MR) is 94.8 cm³/mol.